The third-order valence-electron chi connectivity index (χ3n) is 4.45. The van der Waals surface area contributed by atoms with Crippen molar-refractivity contribution in [3.63, 3.8) is 0 Å². The summed E-state index contributed by atoms with van der Waals surface area (Å²) in [5.41, 5.74) is 4.69. The fraction of sp³-hybridized carbons (Fsp3) is 0.375. The third-order valence-corrected chi connectivity index (χ3v) is 6.04. The monoisotopic (exact) mass is 413 g/mol. The van der Waals surface area contributed by atoms with Crippen LogP contribution in [-0.2, 0) is 14.8 Å². The molecular weight excluding hydrogens is 394 g/mol. The van der Waals surface area contributed by atoms with Crippen molar-refractivity contribution < 1.29 is 38.4 Å². The summed E-state index contributed by atoms with van der Waals surface area (Å²) in [6.45, 7) is 1.12. The van der Waals surface area contributed by atoms with Gasteiger partial charge in [0.05, 0.1) is 11.5 Å². The Morgan fingerprint density at radius 3 is 2.36 bits per heavy atom. The summed E-state index contributed by atoms with van der Waals surface area (Å²) in [5.74, 6) is -2.18. The minimum absolute atomic E-state index is 0.212. The fourth-order valence-electron chi connectivity index (χ4n) is 2.92. The Labute approximate surface area is 159 Å². The van der Waals surface area contributed by atoms with Crippen LogP contribution in [0.5, 0.6) is 5.75 Å². The van der Waals surface area contributed by atoms with Gasteiger partial charge in [0.25, 0.3) is 15.9 Å². The Morgan fingerprint density at radius 2 is 1.86 bits per heavy atom. The summed E-state index contributed by atoms with van der Waals surface area (Å²) in [6, 6.07) is 5.65. The van der Waals surface area contributed by atoms with E-state index in [1.165, 1.54) is 24.3 Å². The number of hydrogen-bond acceptors (Lipinski definition) is 9. The lowest BCUT2D eigenvalue weighted by molar-refractivity contribution is -0.0245. The van der Waals surface area contributed by atoms with Crippen LogP contribution in [0.3, 0.4) is 0 Å². The number of primary amides is 1. The maximum atomic E-state index is 12.9. The van der Waals surface area contributed by atoms with E-state index in [2.05, 4.69) is 5.10 Å². The van der Waals surface area contributed by atoms with Crippen molar-refractivity contribution in [2.24, 2.45) is 5.73 Å². The highest BCUT2D eigenvalue weighted by atomic mass is 32.2. The van der Waals surface area contributed by atoms with E-state index in [1.807, 2.05) is 0 Å². The Balaban J connectivity index is 2.15. The van der Waals surface area contributed by atoms with E-state index >= 15 is 0 Å². The average Bonchev–Trinajstić information content (AvgIpc) is 3.13. The molecule has 1 aromatic heterocycles. The van der Waals surface area contributed by atoms with Gasteiger partial charge in [0.1, 0.15) is 30.1 Å². The van der Waals surface area contributed by atoms with Crippen LogP contribution in [0.1, 0.15) is 27.8 Å². The van der Waals surface area contributed by atoms with Gasteiger partial charge in [0.15, 0.2) is 11.4 Å². The lowest BCUT2D eigenvalue weighted by Crippen LogP contribution is -2.32. The van der Waals surface area contributed by atoms with Gasteiger partial charge in [-0.15, -0.1) is 4.09 Å². The number of nitrogens with zero attached hydrogens (tertiary/aromatic N) is 2. The molecule has 0 radical (unpaired) electrons. The maximum Gasteiger partial charge on any atom is 0.283 e. The molecule has 1 amide bonds. The highest BCUT2D eigenvalue weighted by Gasteiger charge is 2.47. The van der Waals surface area contributed by atoms with Crippen molar-refractivity contribution in [1.82, 2.24) is 9.19 Å². The summed E-state index contributed by atoms with van der Waals surface area (Å²) in [7, 11) is -4.42. The number of carbonyl (C=O) groups excluding carboxylic acids is 1. The van der Waals surface area contributed by atoms with E-state index in [4.69, 9.17) is 10.5 Å². The van der Waals surface area contributed by atoms with Gasteiger partial charge in [-0.2, -0.15) is 13.5 Å². The zero-order valence-electron chi connectivity index (χ0n) is 14.6. The number of aromatic hydroxyl groups is 1. The molecular formula is C16H19N3O8S. The summed E-state index contributed by atoms with van der Waals surface area (Å²) >= 11 is 0. The predicted molar refractivity (Wildman–Crippen MR) is 92.9 cm³/mol. The molecule has 0 spiro atoms. The molecule has 4 atom stereocenters. The molecule has 0 unspecified atom stereocenters. The van der Waals surface area contributed by atoms with Crippen molar-refractivity contribution in [3.8, 4) is 5.75 Å². The highest BCUT2D eigenvalue weighted by molar-refractivity contribution is 7.90. The molecule has 1 aromatic carbocycles. The van der Waals surface area contributed by atoms with E-state index in [0.29, 0.717) is 0 Å². The number of aryl methyl sites for hydroxylation is 1. The van der Waals surface area contributed by atoms with Gasteiger partial charge in [-0.1, -0.05) is 17.7 Å². The van der Waals surface area contributed by atoms with Gasteiger partial charge < -0.3 is 30.9 Å². The smallest absolute Gasteiger partial charge is 0.283 e. The van der Waals surface area contributed by atoms with Crippen molar-refractivity contribution in [2.45, 2.75) is 36.2 Å². The number of benzene rings is 1. The van der Waals surface area contributed by atoms with Crippen LogP contribution in [-0.4, -0.2) is 68.9 Å². The fourth-order valence-corrected chi connectivity index (χ4v) is 4.21. The molecule has 2 heterocycles. The Bertz CT molecular complexity index is 1000. The van der Waals surface area contributed by atoms with Crippen molar-refractivity contribution in [3.05, 3.63) is 41.2 Å². The molecule has 1 aliphatic rings. The first-order valence-electron chi connectivity index (χ1n) is 8.16. The predicted octanol–water partition coefficient (Wildman–Crippen LogP) is -1.61. The summed E-state index contributed by atoms with van der Waals surface area (Å²) in [5, 5.41) is 43.3. The molecule has 2 aromatic rings. The Hall–Kier alpha value is -2.51. The molecule has 11 nitrogen and oxygen atoms in total. The van der Waals surface area contributed by atoms with Gasteiger partial charge in [-0.25, -0.2) is 0 Å². The lowest BCUT2D eigenvalue weighted by atomic mass is 10.1. The second kappa shape index (κ2) is 7.14. The zero-order valence-corrected chi connectivity index (χ0v) is 15.4. The van der Waals surface area contributed by atoms with E-state index in [1.54, 1.807) is 6.92 Å². The minimum atomic E-state index is -4.42. The van der Waals surface area contributed by atoms with Gasteiger partial charge in [0.2, 0.25) is 0 Å². The first-order valence-corrected chi connectivity index (χ1v) is 9.60. The molecule has 152 valence electrons. The number of carbonyl (C=O) groups is 1. The first-order chi connectivity index (χ1) is 13.1. The normalized spacial score (nSPS) is 25.1. The SMILES string of the molecule is Cc1ccc(S(=O)(=O)n2nc([C@@H]3O[C@@H](CO)[C@@H](O)[C@H]3O)c(O)c2C(N)=O)cc1. The quantitative estimate of drug-likeness (QED) is 0.384. The van der Waals surface area contributed by atoms with E-state index in [9.17, 15) is 33.6 Å². The molecule has 6 N–H and O–H groups in total. The summed E-state index contributed by atoms with van der Waals surface area (Å²) < 4.78 is 31.3. The van der Waals surface area contributed by atoms with Crippen LogP contribution in [0.15, 0.2) is 29.2 Å². The van der Waals surface area contributed by atoms with Gasteiger partial charge in [-0.3, -0.25) is 4.79 Å². The number of aliphatic hydroxyl groups is 3. The molecule has 1 saturated heterocycles. The second-order valence-electron chi connectivity index (χ2n) is 6.37. The molecule has 0 bridgehead atoms. The number of aliphatic hydroxyl groups excluding tert-OH is 3. The molecule has 1 aliphatic heterocycles. The number of amides is 1. The molecule has 28 heavy (non-hydrogen) atoms. The Kier molecular flexibility index (Phi) is 5.16. The number of rotatable bonds is 5. The number of hydrogen-bond donors (Lipinski definition) is 5. The van der Waals surface area contributed by atoms with E-state index < -0.39 is 64.1 Å². The third kappa shape index (κ3) is 3.14. The highest BCUT2D eigenvalue weighted by Crippen LogP contribution is 2.39. The van der Waals surface area contributed by atoms with Gasteiger partial charge in [-0.05, 0) is 19.1 Å². The van der Waals surface area contributed by atoms with Crippen molar-refractivity contribution >= 4 is 15.9 Å². The molecule has 1 fully saturated rings. The van der Waals surface area contributed by atoms with Crippen LogP contribution in [0, 0.1) is 6.92 Å². The van der Waals surface area contributed by atoms with Crippen molar-refractivity contribution in [2.75, 3.05) is 6.61 Å². The summed E-state index contributed by atoms with van der Waals surface area (Å²) in [6.07, 6.45) is -5.81. The molecule has 12 heteroatoms. The van der Waals surface area contributed by atoms with E-state index in [-0.39, 0.29) is 8.98 Å². The standard InChI is InChI=1S/C16H19N3O8S/c1-7-2-4-8(5-3-7)28(25,26)19-11(16(17)24)13(22)10(18-19)15-14(23)12(21)9(6-20)27-15/h2-5,9,12,14-15,20-23H,6H2,1H3,(H2,17,24)/t9-,12+,14+,15-/m0/s1. The van der Waals surface area contributed by atoms with Crippen LogP contribution in [0.2, 0.25) is 0 Å². The zero-order chi connectivity index (χ0) is 20.8. The topological polar surface area (TPSA) is 185 Å². The molecule has 0 aliphatic carbocycles. The maximum absolute atomic E-state index is 12.9. The van der Waals surface area contributed by atoms with Gasteiger partial charge >= 0.3 is 0 Å². The van der Waals surface area contributed by atoms with Crippen LogP contribution in [0.4, 0.5) is 0 Å². The first kappa shape index (κ1) is 20.2. The lowest BCUT2D eigenvalue weighted by Gasteiger charge is -2.12. The minimum Gasteiger partial charge on any atom is -0.504 e. The number of aromatic nitrogens is 2. The number of nitrogens with two attached hydrogens (primary N) is 1. The van der Waals surface area contributed by atoms with Crippen LogP contribution < -0.4 is 5.73 Å². The van der Waals surface area contributed by atoms with Crippen LogP contribution >= 0.6 is 0 Å². The van der Waals surface area contributed by atoms with Gasteiger partial charge in [0, 0.05) is 0 Å². The molecule has 3 rings (SSSR count). The average molecular weight is 413 g/mol. The Morgan fingerprint density at radius 1 is 1.25 bits per heavy atom. The van der Waals surface area contributed by atoms with E-state index in [0.717, 1.165) is 5.56 Å². The second-order valence-corrected chi connectivity index (χ2v) is 8.13. The molecule has 0 saturated carbocycles. The van der Waals surface area contributed by atoms with Crippen LogP contribution in [0.25, 0.3) is 0 Å². The largest absolute Gasteiger partial charge is 0.504 e. The number of ether oxygens (including phenoxy) is 1. The summed E-state index contributed by atoms with van der Waals surface area (Å²) in [4.78, 5) is 11.6. The van der Waals surface area contributed by atoms with Crippen molar-refractivity contribution in [1.29, 1.82) is 0 Å².